The van der Waals surface area contributed by atoms with E-state index in [0.29, 0.717) is 96.5 Å². The van der Waals surface area contributed by atoms with Gasteiger partial charge in [-0.3, -0.25) is 14.9 Å². The van der Waals surface area contributed by atoms with Gasteiger partial charge in [0.15, 0.2) is 4.08 Å². The molecule has 0 radical (unpaired) electrons. The third-order valence-corrected chi connectivity index (χ3v) is 35.5. The van der Waals surface area contributed by atoms with Gasteiger partial charge < -0.3 is 11.1 Å². The second-order valence-electron chi connectivity index (χ2n) is 37.6. The summed E-state index contributed by atoms with van der Waals surface area (Å²) in [6, 6.07) is 106. The van der Waals surface area contributed by atoms with E-state index in [1.165, 1.54) is 170 Å². The number of aliphatic imine (C=N–C) groups is 2. The van der Waals surface area contributed by atoms with Crippen molar-refractivity contribution in [1.29, 1.82) is 0 Å². The summed E-state index contributed by atoms with van der Waals surface area (Å²) in [6.45, 7) is 29.1. The summed E-state index contributed by atoms with van der Waals surface area (Å²) in [5, 5.41) is 15.2. The van der Waals surface area contributed by atoms with Gasteiger partial charge in [-0.2, -0.15) is 0 Å². The van der Waals surface area contributed by atoms with E-state index in [2.05, 4.69) is 429 Å². The van der Waals surface area contributed by atoms with E-state index < -0.39 is 22.2 Å². The Bertz CT molecular complexity index is 6530. The third kappa shape index (κ3) is 25.8. The molecule has 8 atom stereocenters. The van der Waals surface area contributed by atoms with Crippen molar-refractivity contribution in [2.24, 2.45) is 26.9 Å². The van der Waals surface area contributed by atoms with Crippen LogP contribution in [-0.4, -0.2) is 34.3 Å². The quantitative estimate of drug-likeness (QED) is 0.00657. The van der Waals surface area contributed by atoms with Crippen molar-refractivity contribution in [2.45, 2.75) is 209 Å². The number of rotatable bonds is 29. The summed E-state index contributed by atoms with van der Waals surface area (Å²) in [4.78, 5) is 12.2. The molecule has 0 saturated heterocycles. The molecule has 0 aliphatic heterocycles. The van der Waals surface area contributed by atoms with Gasteiger partial charge in [0, 0.05) is 55.8 Å². The van der Waals surface area contributed by atoms with Crippen LogP contribution in [0.25, 0.3) is 93.8 Å². The molecule has 0 spiro atoms. The maximum atomic E-state index is 10.6. The normalized spacial score (nSPS) is 16.2. The van der Waals surface area contributed by atoms with Gasteiger partial charge in [-0.05, 0) is 286 Å². The van der Waals surface area contributed by atoms with E-state index in [-0.39, 0.29) is 29.6 Å². The molecule has 20 rings (SSSR count). The van der Waals surface area contributed by atoms with Crippen LogP contribution >= 0.6 is 33.0 Å². The van der Waals surface area contributed by atoms with Crippen LogP contribution in [-0.2, 0) is 43.6 Å². The first-order valence-electron chi connectivity index (χ1n) is 48.3. The number of benzene rings is 14. The van der Waals surface area contributed by atoms with Crippen LogP contribution in [0.3, 0.4) is 0 Å². The molecule has 0 amide bonds. The standard InChI is InChI=1S/2C20H25N.2C20H12.C19H23Cl.C19H23N3.C3H6Cl2O4S2.N3.Na/c2*1-4-18(20-8-6-5-7-9-20)14-16(2)19-12-10-17(11-13-19)15-21-3;2*1-2-12-5-6-14-9-10-15-8-7-13-4-3-11(1)16-17(12)19(14)20(15)18(13)16;1-3-17(19-7-5-4-6-8-19)13-15(2)18-11-9-16(14-20)10-12-18;1-3-17(19-7-5-4-6-8-19)13-15(2)18-11-9-16(10-12-18)14-21-22-20;1-3(2,10(4,6)7)11(5,8)9;1-3-2;/h2*5-13,16,18H,3-4,14-15H2,1-2H3;2*1-11,16H;4-12,15,17H,3,13-14H2,1-2H3;4-12,15,17H,3,13-14H2,1-2H3;1-2H3;;/q;;;;;;;-1;+1. The average Bonchev–Trinajstić information content (AvgIpc) is 1.54. The summed E-state index contributed by atoms with van der Waals surface area (Å²) in [5.74, 6) is 7.52. The van der Waals surface area contributed by atoms with Gasteiger partial charge in [-0.15, -0.1) is 11.6 Å². The molecular weight excluding hydrogens is 1820 g/mol. The summed E-state index contributed by atoms with van der Waals surface area (Å²) in [5.41, 5.74) is 50.0. The summed E-state index contributed by atoms with van der Waals surface area (Å²) < 4.78 is 40.3. The summed E-state index contributed by atoms with van der Waals surface area (Å²) in [7, 11) is 1.22. The Morgan fingerprint density at radius 1 is 0.338 bits per heavy atom. The Kier molecular flexibility index (Phi) is 38.6. The molecule has 139 heavy (non-hydrogen) atoms. The van der Waals surface area contributed by atoms with Crippen molar-refractivity contribution in [3.63, 3.8) is 0 Å². The van der Waals surface area contributed by atoms with Crippen LogP contribution in [0, 0.1) is 11.8 Å². The molecule has 0 bridgehead atoms. The molecule has 12 nitrogen and oxygen atoms in total. The van der Waals surface area contributed by atoms with Gasteiger partial charge in [0.05, 0.1) is 19.6 Å². The van der Waals surface area contributed by atoms with E-state index >= 15 is 0 Å². The van der Waals surface area contributed by atoms with Gasteiger partial charge >= 0.3 is 29.6 Å². The molecule has 18 heteroatoms. The van der Waals surface area contributed by atoms with Crippen LogP contribution in [0.2, 0.25) is 0 Å². The zero-order valence-electron chi connectivity index (χ0n) is 81.8. The molecule has 708 valence electrons. The Morgan fingerprint density at radius 2 is 0.561 bits per heavy atom. The fraction of sp³-hybridized carbons (Fsp3) is 0.289. The molecule has 6 aliphatic carbocycles. The summed E-state index contributed by atoms with van der Waals surface area (Å²) in [6.07, 6.45) is 28.2. The van der Waals surface area contributed by atoms with Crippen LogP contribution in [0.1, 0.15) is 291 Å². The topological polar surface area (TPSA) is 200 Å². The van der Waals surface area contributed by atoms with E-state index in [1.807, 2.05) is 0 Å². The van der Waals surface area contributed by atoms with Crippen molar-refractivity contribution in [3.05, 3.63) is 453 Å². The van der Waals surface area contributed by atoms with Crippen LogP contribution < -0.4 is 29.6 Å². The minimum atomic E-state index is -4.21. The molecule has 0 aromatic heterocycles. The minimum Gasteiger partial charge on any atom is -0.373 e. The van der Waals surface area contributed by atoms with Gasteiger partial charge in [0.25, 0.3) is 18.1 Å². The number of hydrogen-bond donors (Lipinski definition) is 0. The van der Waals surface area contributed by atoms with Gasteiger partial charge in [0.1, 0.15) is 0 Å². The van der Waals surface area contributed by atoms with Crippen molar-refractivity contribution in [1.82, 2.24) is 0 Å². The first-order chi connectivity index (χ1) is 66.7. The number of nitrogens with zero attached hydrogens (tertiary/aromatic N) is 8. The van der Waals surface area contributed by atoms with Gasteiger partial charge in [-0.1, -0.05) is 400 Å². The molecule has 0 heterocycles. The maximum absolute atomic E-state index is 10.6. The predicted octanol–water partition coefficient (Wildman–Crippen LogP) is 32.4. The SMILES string of the molecule is C1=CC2C=Cc3ccc4ccc5ccc1c1c5c4c3C12.C1=CC2C=Cc3ccc4ccc5ccc1c1c5c4c3C12.C=NCc1ccc(C(C)CC(CC)c2ccccc2)cc1.C=NCc1ccc(C(C)CC(CC)c2ccccc2)cc1.CC(C)(S(=O)(=O)Cl)S(=O)(=O)Cl.CCC(CC(C)c1ccc(CCl)cc1)c1ccccc1.CCC(CC(C)c1ccc(CN=[N+]=[N-])cc1)c1ccccc1.[N-]=[N+]=[N-].[Na+]. The van der Waals surface area contributed by atoms with Crippen LogP contribution in [0.15, 0.2) is 331 Å². The Hall–Kier alpha value is -11.2. The average molecular weight is 1950 g/mol. The Labute approximate surface area is 860 Å². The Balaban J connectivity index is 0.000000145. The first kappa shape index (κ1) is 107. The molecular formula is C121H126Cl3N8NaO4S2. The fourth-order valence-corrected chi connectivity index (χ4v) is 23.6. The monoisotopic (exact) mass is 1950 g/mol. The van der Waals surface area contributed by atoms with Gasteiger partial charge in [-0.25, -0.2) is 16.8 Å². The third-order valence-electron chi connectivity index (χ3n) is 28.7. The number of hydrogen-bond acceptors (Lipinski definition) is 7. The van der Waals surface area contributed by atoms with Crippen molar-refractivity contribution in [3.8, 4) is 0 Å². The summed E-state index contributed by atoms with van der Waals surface area (Å²) >= 11 is 5.85. The fourth-order valence-electron chi connectivity index (χ4n) is 20.6. The number of alkyl halides is 1. The van der Waals surface area contributed by atoms with E-state index in [1.54, 1.807) is 22.3 Å². The van der Waals surface area contributed by atoms with Crippen LogP contribution in [0.4, 0.5) is 0 Å². The molecule has 6 aliphatic rings. The van der Waals surface area contributed by atoms with Crippen LogP contribution in [0.5, 0.6) is 0 Å². The smallest absolute Gasteiger partial charge is 0.373 e. The van der Waals surface area contributed by atoms with Gasteiger partial charge in [0.2, 0.25) is 0 Å². The zero-order chi connectivity index (χ0) is 98.2. The molecule has 0 saturated carbocycles. The first-order valence-corrected chi connectivity index (χ1v) is 53.5. The van der Waals surface area contributed by atoms with E-state index in [0.717, 1.165) is 32.3 Å². The largest absolute Gasteiger partial charge is 1.00 e. The molecule has 0 N–H and O–H groups in total. The van der Waals surface area contributed by atoms with E-state index in [4.69, 9.17) is 49.6 Å². The maximum Gasteiger partial charge on any atom is 1.00 e. The van der Waals surface area contributed by atoms with Crippen molar-refractivity contribution < 1.29 is 46.4 Å². The predicted molar refractivity (Wildman–Crippen MR) is 588 cm³/mol. The molecule has 14 aromatic rings. The number of allylic oxidation sites excluding steroid dienone is 4. The zero-order valence-corrected chi connectivity index (χ0v) is 87.7. The molecule has 0 fully saturated rings. The molecule has 8 unspecified atom stereocenters. The Morgan fingerprint density at radius 3 is 0.763 bits per heavy atom. The van der Waals surface area contributed by atoms with Crippen molar-refractivity contribution in [2.75, 3.05) is 0 Å². The number of halogens is 3. The second kappa shape index (κ2) is 50.3. The van der Waals surface area contributed by atoms with Crippen molar-refractivity contribution >= 4 is 132 Å². The van der Waals surface area contributed by atoms with E-state index in [9.17, 15) is 16.8 Å². The second-order valence-corrected chi connectivity index (χ2v) is 44.3. The number of azide groups is 1. The molecule has 14 aromatic carbocycles. The minimum absolute atomic E-state index is 0.